The second kappa shape index (κ2) is 6.00. The normalized spacial score (nSPS) is 30.8. The van der Waals surface area contributed by atoms with Gasteiger partial charge in [0, 0.05) is 29.6 Å². The minimum atomic E-state index is -0.245. The van der Waals surface area contributed by atoms with Gasteiger partial charge < -0.3 is 14.7 Å². The van der Waals surface area contributed by atoms with E-state index in [2.05, 4.69) is 37.9 Å². The van der Waals surface area contributed by atoms with Crippen LogP contribution in [0, 0.1) is 12.8 Å². The molecule has 110 valence electrons. The highest BCUT2D eigenvalue weighted by Crippen LogP contribution is 2.33. The molecule has 0 bridgehead atoms. The molecule has 0 spiro atoms. The molecule has 0 unspecified atom stereocenters. The van der Waals surface area contributed by atoms with Crippen LogP contribution in [0.3, 0.4) is 0 Å². The highest BCUT2D eigenvalue weighted by Gasteiger charge is 2.38. The quantitative estimate of drug-likeness (QED) is 0.898. The molecule has 4 nitrogen and oxygen atoms in total. The Morgan fingerprint density at radius 2 is 2.25 bits per heavy atom. The number of aliphatic hydroxyl groups is 1. The lowest BCUT2D eigenvalue weighted by molar-refractivity contribution is -0.0438. The number of aryl methyl sites for hydroxylation is 1. The van der Waals surface area contributed by atoms with Gasteiger partial charge in [0.05, 0.1) is 18.4 Å². The summed E-state index contributed by atoms with van der Waals surface area (Å²) < 4.78 is 6.62. The predicted molar refractivity (Wildman–Crippen MR) is 82.0 cm³/mol. The summed E-state index contributed by atoms with van der Waals surface area (Å²) in [5.41, 5.74) is 1.01. The van der Waals surface area contributed by atoms with Crippen molar-refractivity contribution in [2.75, 3.05) is 24.7 Å². The molecule has 0 saturated carbocycles. The Bertz CT molecular complexity index is 483. The average Bonchev–Trinajstić information content (AvgIpc) is 2.91. The van der Waals surface area contributed by atoms with E-state index < -0.39 is 0 Å². The van der Waals surface area contributed by atoms with Gasteiger partial charge in [-0.25, -0.2) is 4.98 Å². The van der Waals surface area contributed by atoms with Crippen LogP contribution in [0.5, 0.6) is 0 Å². The van der Waals surface area contributed by atoms with Crippen LogP contribution in [0.2, 0.25) is 0 Å². The van der Waals surface area contributed by atoms with Crippen LogP contribution in [0.1, 0.15) is 25.0 Å². The molecule has 0 aromatic carbocycles. The van der Waals surface area contributed by atoms with E-state index in [9.17, 15) is 5.11 Å². The largest absolute Gasteiger partial charge is 0.393 e. The number of hydrogen-bond donors (Lipinski definition) is 1. The van der Waals surface area contributed by atoms with Crippen LogP contribution in [-0.4, -0.2) is 42.0 Å². The lowest BCUT2D eigenvalue weighted by atomic mass is 9.89. The van der Waals surface area contributed by atoms with Crippen LogP contribution in [-0.2, 0) is 4.74 Å². The van der Waals surface area contributed by atoms with E-state index in [0.29, 0.717) is 19.3 Å². The highest BCUT2D eigenvalue weighted by atomic mass is 79.9. The van der Waals surface area contributed by atoms with Crippen molar-refractivity contribution >= 4 is 21.7 Å². The summed E-state index contributed by atoms with van der Waals surface area (Å²) in [4.78, 5) is 7.03. The number of anilines is 1. The van der Waals surface area contributed by atoms with Gasteiger partial charge in [0.15, 0.2) is 0 Å². The third kappa shape index (κ3) is 2.71. The summed E-state index contributed by atoms with van der Waals surface area (Å²) in [5.74, 6) is 1.22. The first kappa shape index (κ1) is 14.3. The Morgan fingerprint density at radius 3 is 3.00 bits per heavy atom. The maximum atomic E-state index is 10.3. The summed E-state index contributed by atoms with van der Waals surface area (Å²) in [7, 11) is 0. The molecule has 2 fully saturated rings. The van der Waals surface area contributed by atoms with Crippen LogP contribution in [0.15, 0.2) is 16.6 Å². The maximum absolute atomic E-state index is 10.3. The van der Waals surface area contributed by atoms with E-state index >= 15 is 0 Å². The van der Waals surface area contributed by atoms with Crippen LogP contribution >= 0.6 is 15.9 Å². The van der Waals surface area contributed by atoms with Gasteiger partial charge in [-0.2, -0.15) is 0 Å². The molecule has 20 heavy (non-hydrogen) atoms. The monoisotopic (exact) mass is 340 g/mol. The zero-order valence-corrected chi connectivity index (χ0v) is 13.3. The number of rotatable bonds is 2. The van der Waals surface area contributed by atoms with Crippen LogP contribution in [0.25, 0.3) is 0 Å². The Morgan fingerprint density at radius 1 is 1.40 bits per heavy atom. The minimum Gasteiger partial charge on any atom is -0.393 e. The smallest absolute Gasteiger partial charge is 0.129 e. The first-order chi connectivity index (χ1) is 9.66. The second-order valence-corrected chi connectivity index (χ2v) is 6.59. The molecule has 0 radical (unpaired) electrons. The summed E-state index contributed by atoms with van der Waals surface area (Å²) in [5, 5.41) is 10.3. The van der Waals surface area contributed by atoms with Crippen molar-refractivity contribution in [3.8, 4) is 0 Å². The molecule has 0 amide bonds. The third-order valence-corrected chi connectivity index (χ3v) is 5.29. The summed E-state index contributed by atoms with van der Waals surface area (Å²) >= 11 is 3.50. The molecule has 2 aliphatic rings. The van der Waals surface area contributed by atoms with E-state index in [1.165, 1.54) is 0 Å². The van der Waals surface area contributed by atoms with Crippen molar-refractivity contribution in [1.29, 1.82) is 0 Å². The Hall–Kier alpha value is -0.650. The molecule has 2 saturated heterocycles. The van der Waals surface area contributed by atoms with Gasteiger partial charge in [0.1, 0.15) is 5.82 Å². The zero-order chi connectivity index (χ0) is 14.1. The number of halogens is 1. The van der Waals surface area contributed by atoms with E-state index in [1.54, 1.807) is 0 Å². The van der Waals surface area contributed by atoms with Gasteiger partial charge in [0.25, 0.3) is 0 Å². The predicted octanol–water partition coefficient (Wildman–Crippen LogP) is 2.52. The Kier molecular flexibility index (Phi) is 4.29. The molecule has 0 aliphatic carbocycles. The molecule has 1 aromatic rings. The molecule has 1 N–H and O–H groups in total. The van der Waals surface area contributed by atoms with Gasteiger partial charge in [0.2, 0.25) is 0 Å². The highest BCUT2D eigenvalue weighted by molar-refractivity contribution is 9.10. The number of pyridine rings is 1. The SMILES string of the molecule is Cc1nc(N2CCC[C@@H]2[C@H]2COCC[C@H]2O)ccc1Br. The van der Waals surface area contributed by atoms with Crippen molar-refractivity contribution < 1.29 is 9.84 Å². The van der Waals surface area contributed by atoms with Crippen molar-refractivity contribution in [3.05, 3.63) is 22.3 Å². The fraction of sp³-hybridized carbons (Fsp3) is 0.667. The first-order valence-electron chi connectivity index (χ1n) is 7.32. The number of hydrogen-bond acceptors (Lipinski definition) is 4. The molecular formula is C15H21BrN2O2. The number of ether oxygens (including phenoxy) is 1. The lowest BCUT2D eigenvalue weighted by Gasteiger charge is -2.37. The van der Waals surface area contributed by atoms with E-state index in [-0.39, 0.29) is 12.0 Å². The minimum absolute atomic E-state index is 0.206. The Labute approximate surface area is 128 Å². The van der Waals surface area contributed by atoms with Gasteiger partial charge in [-0.3, -0.25) is 0 Å². The average molecular weight is 341 g/mol. The first-order valence-corrected chi connectivity index (χ1v) is 8.11. The third-order valence-electron chi connectivity index (χ3n) is 4.46. The maximum Gasteiger partial charge on any atom is 0.129 e. The van der Waals surface area contributed by atoms with E-state index in [0.717, 1.165) is 41.8 Å². The number of aliphatic hydroxyl groups excluding tert-OH is 1. The van der Waals surface area contributed by atoms with Crippen LogP contribution < -0.4 is 4.90 Å². The molecular weight excluding hydrogens is 320 g/mol. The summed E-state index contributed by atoms with van der Waals surface area (Å²) in [6, 6.07) is 4.46. The topological polar surface area (TPSA) is 45.6 Å². The summed E-state index contributed by atoms with van der Waals surface area (Å²) in [6.45, 7) is 4.37. The molecule has 5 heteroatoms. The van der Waals surface area contributed by atoms with Gasteiger partial charge in [-0.1, -0.05) is 0 Å². The zero-order valence-electron chi connectivity index (χ0n) is 11.8. The fourth-order valence-electron chi connectivity index (χ4n) is 3.33. The summed E-state index contributed by atoms with van der Waals surface area (Å²) in [6.07, 6.45) is 2.78. The van der Waals surface area contributed by atoms with E-state index in [1.807, 2.05) is 6.92 Å². The van der Waals surface area contributed by atoms with Crippen LogP contribution in [0.4, 0.5) is 5.82 Å². The van der Waals surface area contributed by atoms with Gasteiger partial charge in [-0.15, -0.1) is 0 Å². The standard InChI is InChI=1S/C15H21BrN2O2/c1-10-12(16)4-5-15(17-10)18-7-2-3-13(18)11-9-20-8-6-14(11)19/h4-5,11,13-14,19H,2-3,6-9H2,1H3/t11-,13-,14-/m1/s1. The van der Waals surface area contributed by atoms with Crippen molar-refractivity contribution in [1.82, 2.24) is 4.98 Å². The van der Waals surface area contributed by atoms with Crippen molar-refractivity contribution in [2.24, 2.45) is 5.92 Å². The molecule has 3 atom stereocenters. The molecule has 3 rings (SSSR count). The van der Waals surface area contributed by atoms with Gasteiger partial charge >= 0.3 is 0 Å². The second-order valence-electron chi connectivity index (χ2n) is 5.73. The number of nitrogens with zero attached hydrogens (tertiary/aromatic N) is 2. The van der Waals surface area contributed by atoms with E-state index in [4.69, 9.17) is 4.74 Å². The molecule has 1 aromatic heterocycles. The number of aromatic nitrogens is 1. The molecule has 3 heterocycles. The Balaban J connectivity index is 1.82. The molecule has 2 aliphatic heterocycles. The van der Waals surface area contributed by atoms with Crippen molar-refractivity contribution in [2.45, 2.75) is 38.3 Å². The lowest BCUT2D eigenvalue weighted by Crippen LogP contribution is -2.46. The van der Waals surface area contributed by atoms with Crippen molar-refractivity contribution in [3.63, 3.8) is 0 Å². The van der Waals surface area contributed by atoms with Gasteiger partial charge in [-0.05, 0) is 54.2 Å². The fourth-order valence-corrected chi connectivity index (χ4v) is 3.55.